The number of hydrogen-bond donors (Lipinski definition) is 2. The topological polar surface area (TPSA) is 74.3 Å². The quantitative estimate of drug-likeness (QED) is 0.795. The van der Waals surface area contributed by atoms with E-state index in [1.807, 2.05) is 5.38 Å². The lowest BCUT2D eigenvalue weighted by Gasteiger charge is -2.30. The van der Waals surface area contributed by atoms with Gasteiger partial charge >= 0.3 is 0 Å². The normalized spacial score (nSPS) is 17.5. The van der Waals surface area contributed by atoms with Crippen molar-refractivity contribution in [2.45, 2.75) is 26.3 Å². The van der Waals surface area contributed by atoms with Crippen LogP contribution in [0.15, 0.2) is 29.6 Å². The van der Waals surface area contributed by atoms with Crippen molar-refractivity contribution in [1.29, 1.82) is 0 Å². The first-order chi connectivity index (χ1) is 13.0. The van der Waals surface area contributed by atoms with Crippen LogP contribution in [0.5, 0.6) is 0 Å². The number of piperidine rings is 1. The van der Waals surface area contributed by atoms with Crippen LogP contribution in [0.2, 0.25) is 0 Å². The van der Waals surface area contributed by atoms with Crippen LogP contribution < -0.4 is 10.6 Å². The molecule has 2 amide bonds. The molecule has 0 saturated carbocycles. The number of benzene rings is 1. The van der Waals surface area contributed by atoms with Crippen molar-refractivity contribution in [3.8, 4) is 0 Å². The summed E-state index contributed by atoms with van der Waals surface area (Å²) in [5.41, 5.74) is 1.25. The zero-order valence-electron chi connectivity index (χ0n) is 15.2. The molecule has 0 aliphatic carbocycles. The Morgan fingerprint density at radius 2 is 2.11 bits per heavy atom. The van der Waals surface area contributed by atoms with Crippen molar-refractivity contribution in [3.63, 3.8) is 0 Å². The van der Waals surface area contributed by atoms with Gasteiger partial charge in [-0.25, -0.2) is 9.37 Å². The maximum atomic E-state index is 12.9. The highest BCUT2D eigenvalue weighted by Crippen LogP contribution is 2.20. The van der Waals surface area contributed by atoms with Gasteiger partial charge in [-0.3, -0.25) is 14.5 Å². The molecule has 1 unspecified atom stereocenters. The van der Waals surface area contributed by atoms with Gasteiger partial charge in [-0.15, -0.1) is 11.3 Å². The van der Waals surface area contributed by atoms with Gasteiger partial charge in [0.05, 0.1) is 12.2 Å². The molecule has 2 heterocycles. The highest BCUT2D eigenvalue weighted by atomic mass is 32.1. The van der Waals surface area contributed by atoms with Gasteiger partial charge in [0.2, 0.25) is 5.91 Å². The lowest BCUT2D eigenvalue weighted by atomic mass is 10.0. The lowest BCUT2D eigenvalue weighted by Crippen LogP contribution is -2.34. The number of carbonyl (C=O) groups is 2. The van der Waals surface area contributed by atoms with Crippen LogP contribution in [0.1, 0.15) is 35.8 Å². The van der Waals surface area contributed by atoms with Crippen molar-refractivity contribution in [2.75, 3.05) is 25.0 Å². The van der Waals surface area contributed by atoms with E-state index in [2.05, 4.69) is 27.4 Å². The van der Waals surface area contributed by atoms with Gasteiger partial charge in [0.25, 0.3) is 5.91 Å². The van der Waals surface area contributed by atoms with Gasteiger partial charge in [-0.1, -0.05) is 6.92 Å². The number of halogens is 1. The third-order valence-corrected chi connectivity index (χ3v) is 5.25. The zero-order valence-corrected chi connectivity index (χ0v) is 16.0. The molecule has 2 N–H and O–H groups in total. The van der Waals surface area contributed by atoms with E-state index in [9.17, 15) is 14.0 Å². The van der Waals surface area contributed by atoms with Crippen molar-refractivity contribution in [3.05, 3.63) is 46.7 Å². The average molecular weight is 390 g/mol. The minimum atomic E-state index is -0.427. The van der Waals surface area contributed by atoms with Crippen LogP contribution in [0, 0.1) is 11.7 Å². The van der Waals surface area contributed by atoms with E-state index < -0.39 is 11.7 Å². The molecule has 0 radical (unpaired) electrons. The van der Waals surface area contributed by atoms with E-state index >= 15 is 0 Å². The third kappa shape index (κ3) is 5.83. The molecular weight excluding hydrogens is 367 g/mol. The monoisotopic (exact) mass is 390 g/mol. The number of thiazole rings is 1. The summed E-state index contributed by atoms with van der Waals surface area (Å²) >= 11 is 1.38. The predicted molar refractivity (Wildman–Crippen MR) is 103 cm³/mol. The summed E-state index contributed by atoms with van der Waals surface area (Å²) in [7, 11) is 0. The minimum absolute atomic E-state index is 0.172. The average Bonchev–Trinajstić information content (AvgIpc) is 3.07. The fourth-order valence-electron chi connectivity index (χ4n) is 3.12. The summed E-state index contributed by atoms with van der Waals surface area (Å²) in [6, 6.07) is 5.15. The Hall–Kier alpha value is -2.32. The molecule has 0 bridgehead atoms. The number of nitrogens with one attached hydrogen (secondary N) is 2. The molecule has 8 heteroatoms. The number of nitrogens with zero attached hydrogens (tertiary/aromatic N) is 2. The van der Waals surface area contributed by atoms with Crippen LogP contribution >= 0.6 is 11.3 Å². The third-order valence-electron chi connectivity index (χ3n) is 4.44. The molecule has 1 aliphatic rings. The number of anilines is 1. The van der Waals surface area contributed by atoms with Gasteiger partial charge in [0.15, 0.2) is 5.13 Å². The van der Waals surface area contributed by atoms with E-state index in [-0.39, 0.29) is 12.5 Å². The van der Waals surface area contributed by atoms with Gasteiger partial charge in [-0.05, 0) is 49.6 Å². The molecule has 27 heavy (non-hydrogen) atoms. The van der Waals surface area contributed by atoms with E-state index in [4.69, 9.17) is 0 Å². The largest absolute Gasteiger partial charge is 0.343 e. The molecule has 144 valence electrons. The molecule has 1 atom stereocenters. The molecule has 1 aromatic carbocycles. The number of aromatic nitrogens is 1. The van der Waals surface area contributed by atoms with Gasteiger partial charge < -0.3 is 10.6 Å². The summed E-state index contributed by atoms with van der Waals surface area (Å²) in [5, 5.41) is 7.69. The first-order valence-electron chi connectivity index (χ1n) is 9.00. The summed E-state index contributed by atoms with van der Waals surface area (Å²) in [6.07, 6.45) is 2.49. The van der Waals surface area contributed by atoms with E-state index in [1.54, 1.807) is 0 Å². The fourth-order valence-corrected chi connectivity index (χ4v) is 3.84. The number of rotatable bonds is 6. The van der Waals surface area contributed by atoms with Crippen molar-refractivity contribution < 1.29 is 14.0 Å². The smallest absolute Gasteiger partial charge is 0.251 e. The zero-order chi connectivity index (χ0) is 19.2. The molecule has 6 nitrogen and oxygen atoms in total. The van der Waals surface area contributed by atoms with Gasteiger partial charge in [-0.2, -0.15) is 0 Å². The summed E-state index contributed by atoms with van der Waals surface area (Å²) < 4.78 is 12.9. The molecule has 1 saturated heterocycles. The highest BCUT2D eigenvalue weighted by Gasteiger charge is 2.17. The van der Waals surface area contributed by atoms with Crippen LogP contribution in [-0.2, 0) is 11.3 Å². The Morgan fingerprint density at radius 1 is 1.33 bits per heavy atom. The van der Waals surface area contributed by atoms with Crippen LogP contribution in [0.4, 0.5) is 9.52 Å². The van der Waals surface area contributed by atoms with Gasteiger partial charge in [0.1, 0.15) is 5.82 Å². The first kappa shape index (κ1) is 19.4. The van der Waals surface area contributed by atoms with E-state index in [1.165, 1.54) is 48.4 Å². The van der Waals surface area contributed by atoms with Crippen LogP contribution in [0.25, 0.3) is 0 Å². The van der Waals surface area contributed by atoms with Crippen LogP contribution in [0.3, 0.4) is 0 Å². The molecule has 1 fully saturated rings. The lowest BCUT2D eigenvalue weighted by molar-refractivity contribution is -0.115. The second-order valence-electron chi connectivity index (χ2n) is 6.86. The molecule has 3 rings (SSSR count). The Bertz CT molecular complexity index is 793. The fraction of sp³-hybridized carbons (Fsp3) is 0.421. The summed E-state index contributed by atoms with van der Waals surface area (Å²) in [5.74, 6) is -0.480. The standard InChI is InChI=1S/C19H23FN4O2S/c1-13-3-2-8-24(10-13)11-16-12-27-19(22-16)23-17(25)9-21-18(26)14-4-6-15(20)7-5-14/h4-7,12-13H,2-3,8-11H2,1H3,(H,21,26)(H,22,23,25). The number of hydrogen-bond acceptors (Lipinski definition) is 5. The summed E-state index contributed by atoms with van der Waals surface area (Å²) in [6.45, 7) is 5.04. The van der Waals surface area contributed by atoms with Crippen molar-refractivity contribution in [1.82, 2.24) is 15.2 Å². The molecule has 1 aromatic heterocycles. The number of amides is 2. The van der Waals surface area contributed by atoms with Crippen LogP contribution in [-0.4, -0.2) is 41.3 Å². The van der Waals surface area contributed by atoms with Crippen molar-refractivity contribution >= 4 is 28.3 Å². The highest BCUT2D eigenvalue weighted by molar-refractivity contribution is 7.13. The molecule has 2 aromatic rings. The minimum Gasteiger partial charge on any atom is -0.343 e. The Kier molecular flexibility index (Phi) is 6.52. The summed E-state index contributed by atoms with van der Waals surface area (Å²) in [4.78, 5) is 30.8. The van der Waals surface area contributed by atoms with Crippen molar-refractivity contribution in [2.24, 2.45) is 5.92 Å². The second kappa shape index (κ2) is 9.05. The Balaban J connectivity index is 1.45. The molecule has 1 aliphatic heterocycles. The molecule has 0 spiro atoms. The van der Waals surface area contributed by atoms with E-state index in [0.29, 0.717) is 16.6 Å². The number of carbonyl (C=O) groups excluding carboxylic acids is 2. The molecular formula is C19H23FN4O2S. The predicted octanol–water partition coefficient (Wildman–Crippen LogP) is 2.88. The number of likely N-dealkylation sites (tertiary alicyclic amines) is 1. The Morgan fingerprint density at radius 3 is 2.85 bits per heavy atom. The van der Waals surface area contributed by atoms with E-state index in [0.717, 1.165) is 25.3 Å². The SMILES string of the molecule is CC1CCCN(Cc2csc(NC(=O)CNC(=O)c3ccc(F)cc3)n2)C1. The Labute approximate surface area is 161 Å². The second-order valence-corrected chi connectivity index (χ2v) is 7.72. The first-order valence-corrected chi connectivity index (χ1v) is 9.88. The van der Waals surface area contributed by atoms with Gasteiger partial charge in [0, 0.05) is 24.0 Å². The maximum Gasteiger partial charge on any atom is 0.251 e. The maximum absolute atomic E-state index is 12.9.